The molecule has 2 rings (SSSR count). The zero-order valence-electron chi connectivity index (χ0n) is 10.8. The minimum Gasteiger partial charge on any atom is -0.467 e. The molecule has 0 atom stereocenters. The number of hydrogen-bond acceptors (Lipinski definition) is 2. The van der Waals surface area contributed by atoms with E-state index in [-0.39, 0.29) is 63.5 Å². The van der Waals surface area contributed by atoms with E-state index in [0.717, 1.165) is 12.1 Å². The number of nitrogens with one attached hydrogen (secondary N) is 1. The Kier molecular flexibility index (Phi) is 6.54. The van der Waals surface area contributed by atoms with Crippen LogP contribution in [-0.4, -0.2) is 12.9 Å². The Morgan fingerprint density at radius 2 is 1.95 bits per heavy atom. The van der Waals surface area contributed by atoms with Crippen LogP contribution in [0.1, 0.15) is 16.1 Å². The predicted octanol–water partition coefficient (Wildman–Crippen LogP) is -0.732. The Labute approximate surface area is 156 Å². The third-order valence-electron chi connectivity index (χ3n) is 2.53. The normalized spacial score (nSPS) is 10.8. The van der Waals surface area contributed by atoms with Crippen molar-refractivity contribution in [2.45, 2.75) is 6.54 Å². The molecule has 0 bridgehead atoms. The van der Waals surface area contributed by atoms with Crippen molar-refractivity contribution < 1.29 is 73.5 Å². The molecule has 0 fully saturated rings. The zero-order chi connectivity index (χ0) is 13.9. The average Bonchev–Trinajstić information content (AvgIpc) is 2.88. The van der Waals surface area contributed by atoms with E-state index >= 15 is 0 Å². The molecule has 0 spiro atoms. The summed E-state index contributed by atoms with van der Waals surface area (Å²) < 4.78 is 42.7. The summed E-state index contributed by atoms with van der Waals surface area (Å²) >= 11 is 0. The van der Waals surface area contributed by atoms with Crippen LogP contribution >= 0.6 is 0 Å². The first-order valence-electron chi connectivity index (χ1n) is 5.57. The summed E-state index contributed by atoms with van der Waals surface area (Å²) in [5.74, 6) is -0.0390. The molecule has 0 radical (unpaired) electrons. The number of furan rings is 1. The largest absolute Gasteiger partial charge is 1.00 e. The topological polar surface area (TPSA) is 42.2 Å². The van der Waals surface area contributed by atoms with Crippen molar-refractivity contribution in [2.24, 2.45) is 0 Å². The monoisotopic (exact) mass is 307 g/mol. The number of amides is 1. The predicted molar refractivity (Wildman–Crippen MR) is 65.0 cm³/mol. The smallest absolute Gasteiger partial charge is 0.467 e. The van der Waals surface area contributed by atoms with E-state index in [1.165, 1.54) is 18.4 Å². The summed E-state index contributed by atoms with van der Waals surface area (Å²) in [7, 11) is 0. The zero-order valence-corrected chi connectivity index (χ0v) is 13.9. The minimum absolute atomic E-state index is 0. The van der Waals surface area contributed by atoms with Gasteiger partial charge in [0.05, 0.1) is 12.8 Å². The number of hydrogen-bond donors (Lipinski definition) is 1. The van der Waals surface area contributed by atoms with Crippen LogP contribution in [0.15, 0.2) is 47.1 Å². The Balaban J connectivity index is 0.00000200. The van der Waals surface area contributed by atoms with E-state index in [4.69, 9.17) is 4.42 Å². The fraction of sp³-hybridized carbons (Fsp3) is 0.0833. The molecule has 3 nitrogen and oxygen atoms in total. The first kappa shape index (κ1) is 17.5. The van der Waals surface area contributed by atoms with E-state index in [9.17, 15) is 17.7 Å². The van der Waals surface area contributed by atoms with E-state index in [1.54, 1.807) is 12.1 Å². The van der Waals surface area contributed by atoms with Crippen LogP contribution in [0.3, 0.4) is 0 Å². The van der Waals surface area contributed by atoms with E-state index < -0.39 is 18.3 Å². The Bertz CT molecular complexity index is 572. The van der Waals surface area contributed by atoms with Crippen molar-refractivity contribution >= 4 is 18.3 Å². The minimum atomic E-state index is -5.10. The molecular formula is C12H10BF3KNO2. The molecule has 0 aliphatic carbocycles. The molecule has 0 aliphatic rings. The number of halogens is 3. The van der Waals surface area contributed by atoms with Crippen molar-refractivity contribution in [3.05, 3.63) is 54.0 Å². The SMILES string of the molecule is O=C(NCc1ccco1)c1cccc([B-](F)(F)F)c1.[K+]. The van der Waals surface area contributed by atoms with E-state index in [2.05, 4.69) is 5.32 Å². The van der Waals surface area contributed by atoms with Crippen LogP contribution in [0.4, 0.5) is 12.9 Å². The fourth-order valence-corrected chi connectivity index (χ4v) is 1.57. The van der Waals surface area contributed by atoms with E-state index in [0.29, 0.717) is 5.76 Å². The molecule has 0 saturated heterocycles. The van der Waals surface area contributed by atoms with Crippen molar-refractivity contribution in [1.29, 1.82) is 0 Å². The molecule has 8 heteroatoms. The quantitative estimate of drug-likeness (QED) is 0.757. The van der Waals surface area contributed by atoms with Crippen LogP contribution in [0.5, 0.6) is 0 Å². The molecule has 20 heavy (non-hydrogen) atoms. The number of carbonyl (C=O) groups excluding carboxylic acids is 1. The van der Waals surface area contributed by atoms with Crippen molar-refractivity contribution in [1.82, 2.24) is 5.32 Å². The van der Waals surface area contributed by atoms with Gasteiger partial charge in [0, 0.05) is 5.56 Å². The second kappa shape index (κ2) is 7.46. The van der Waals surface area contributed by atoms with Crippen molar-refractivity contribution in [3.8, 4) is 0 Å². The van der Waals surface area contributed by atoms with Crippen LogP contribution in [0.25, 0.3) is 0 Å². The summed E-state index contributed by atoms with van der Waals surface area (Å²) in [5, 5.41) is 2.49. The van der Waals surface area contributed by atoms with Gasteiger partial charge in [0.1, 0.15) is 5.76 Å². The second-order valence-electron chi connectivity index (χ2n) is 3.96. The number of rotatable bonds is 4. The second-order valence-corrected chi connectivity index (χ2v) is 3.96. The number of carbonyl (C=O) groups is 1. The standard InChI is InChI=1S/C12H10BF3NO2.K/c14-13(15,16)10-4-1-3-9(7-10)12(18)17-8-11-5-2-6-19-11;/h1-7H,8H2,(H,17,18);/q-1;+1. The molecule has 1 aromatic carbocycles. The van der Waals surface area contributed by atoms with Gasteiger partial charge in [0.15, 0.2) is 0 Å². The molecule has 0 unspecified atom stereocenters. The molecule has 0 aliphatic heterocycles. The summed E-state index contributed by atoms with van der Waals surface area (Å²) in [6.07, 6.45) is 1.45. The summed E-state index contributed by atoms with van der Waals surface area (Å²) in [4.78, 5) is 11.7. The molecule has 100 valence electrons. The maximum absolute atomic E-state index is 12.6. The maximum Gasteiger partial charge on any atom is 1.00 e. The van der Waals surface area contributed by atoms with Gasteiger partial charge in [-0.1, -0.05) is 18.2 Å². The van der Waals surface area contributed by atoms with Crippen LogP contribution in [-0.2, 0) is 6.54 Å². The average molecular weight is 307 g/mol. The first-order chi connectivity index (χ1) is 8.97. The Morgan fingerprint density at radius 1 is 1.20 bits per heavy atom. The van der Waals surface area contributed by atoms with Crippen molar-refractivity contribution in [3.63, 3.8) is 0 Å². The summed E-state index contributed by atoms with van der Waals surface area (Å²) in [6.45, 7) is -4.97. The molecular weight excluding hydrogens is 297 g/mol. The van der Waals surface area contributed by atoms with Gasteiger partial charge in [-0.15, -0.1) is 5.46 Å². The Morgan fingerprint density at radius 3 is 2.55 bits per heavy atom. The van der Waals surface area contributed by atoms with Gasteiger partial charge in [-0.2, -0.15) is 0 Å². The molecule has 1 N–H and O–H groups in total. The van der Waals surface area contributed by atoms with Crippen molar-refractivity contribution in [2.75, 3.05) is 0 Å². The van der Waals surface area contributed by atoms with E-state index in [1.807, 2.05) is 0 Å². The fourth-order valence-electron chi connectivity index (χ4n) is 1.57. The van der Waals surface area contributed by atoms with Gasteiger partial charge >= 0.3 is 58.4 Å². The van der Waals surface area contributed by atoms with Gasteiger partial charge in [-0.3, -0.25) is 4.79 Å². The molecule has 2 aromatic rings. The third-order valence-corrected chi connectivity index (χ3v) is 2.53. The number of benzene rings is 1. The van der Waals surface area contributed by atoms with Crippen LogP contribution in [0, 0.1) is 0 Å². The van der Waals surface area contributed by atoms with Gasteiger partial charge < -0.3 is 22.7 Å². The third kappa shape index (κ3) is 4.78. The molecule has 1 amide bonds. The van der Waals surface area contributed by atoms with Crippen LogP contribution in [0.2, 0.25) is 0 Å². The summed E-state index contributed by atoms with van der Waals surface area (Å²) in [5.41, 5.74) is -0.811. The molecule has 1 aromatic heterocycles. The van der Waals surface area contributed by atoms with Gasteiger partial charge in [-0.25, -0.2) is 0 Å². The summed E-state index contributed by atoms with van der Waals surface area (Å²) in [6, 6.07) is 7.67. The molecule has 1 heterocycles. The van der Waals surface area contributed by atoms with Crippen LogP contribution < -0.4 is 62.2 Å². The first-order valence-corrected chi connectivity index (χ1v) is 5.57. The maximum atomic E-state index is 12.6. The van der Waals surface area contributed by atoms with Gasteiger partial charge in [0.2, 0.25) is 0 Å². The Hall–Kier alpha value is -0.539. The van der Waals surface area contributed by atoms with Gasteiger partial charge in [-0.05, 0) is 18.2 Å². The van der Waals surface area contributed by atoms with Gasteiger partial charge in [0.25, 0.3) is 5.91 Å². The molecule has 0 saturated carbocycles.